The Morgan fingerprint density at radius 2 is 1.95 bits per heavy atom. The lowest BCUT2D eigenvalue weighted by molar-refractivity contribution is 0.102. The summed E-state index contributed by atoms with van der Waals surface area (Å²) in [6.45, 7) is 1.99. The van der Waals surface area contributed by atoms with Gasteiger partial charge in [0.25, 0.3) is 5.91 Å². The highest BCUT2D eigenvalue weighted by Crippen LogP contribution is 2.19. The van der Waals surface area contributed by atoms with E-state index >= 15 is 0 Å². The summed E-state index contributed by atoms with van der Waals surface area (Å²) in [5.41, 5.74) is 2.59. The summed E-state index contributed by atoms with van der Waals surface area (Å²) in [7, 11) is 0. The average molecular weight is 268 g/mol. The fourth-order valence-electron chi connectivity index (χ4n) is 2.13. The van der Waals surface area contributed by atoms with Crippen LogP contribution < -0.4 is 5.32 Å². The second-order valence-corrected chi connectivity index (χ2v) is 4.71. The van der Waals surface area contributed by atoms with E-state index in [-0.39, 0.29) is 11.6 Å². The molecule has 0 saturated heterocycles. The molecule has 20 heavy (non-hydrogen) atoms. The van der Waals surface area contributed by atoms with Gasteiger partial charge in [-0.2, -0.15) is 0 Å². The molecule has 2 N–H and O–H groups in total. The number of hydrogen-bond donors (Lipinski definition) is 2. The molecule has 2 aromatic carbocycles. The number of aromatic nitrogens is 1. The van der Waals surface area contributed by atoms with Gasteiger partial charge in [-0.1, -0.05) is 23.8 Å². The van der Waals surface area contributed by atoms with Crippen LogP contribution in [0.1, 0.15) is 16.1 Å². The number of carbonyl (C=O) groups is 1. The fourth-order valence-corrected chi connectivity index (χ4v) is 2.13. The van der Waals surface area contributed by atoms with E-state index in [2.05, 4.69) is 10.3 Å². The maximum absolute atomic E-state index is 13.5. The Balaban J connectivity index is 1.91. The minimum atomic E-state index is -0.451. The Labute approximate surface area is 115 Å². The second-order valence-electron chi connectivity index (χ2n) is 4.71. The third-order valence-electron chi connectivity index (χ3n) is 3.14. The minimum absolute atomic E-state index is 0.173. The van der Waals surface area contributed by atoms with Crippen molar-refractivity contribution in [2.24, 2.45) is 0 Å². The molecular formula is C16H13FN2O. The van der Waals surface area contributed by atoms with Crippen molar-refractivity contribution in [3.8, 4) is 0 Å². The van der Waals surface area contributed by atoms with E-state index in [1.165, 1.54) is 12.1 Å². The summed E-state index contributed by atoms with van der Waals surface area (Å²) < 4.78 is 13.5. The van der Waals surface area contributed by atoms with Crippen molar-refractivity contribution in [1.82, 2.24) is 4.98 Å². The summed E-state index contributed by atoms with van der Waals surface area (Å²) in [4.78, 5) is 15.1. The lowest BCUT2D eigenvalue weighted by Gasteiger charge is -2.04. The van der Waals surface area contributed by atoms with Crippen molar-refractivity contribution in [3.63, 3.8) is 0 Å². The van der Waals surface area contributed by atoms with Gasteiger partial charge in [0.2, 0.25) is 0 Å². The first-order valence-corrected chi connectivity index (χ1v) is 6.29. The molecule has 3 nitrogen and oxygen atoms in total. The Morgan fingerprint density at radius 1 is 1.15 bits per heavy atom. The van der Waals surface area contributed by atoms with Crippen LogP contribution in [0.2, 0.25) is 0 Å². The molecule has 3 aromatic rings. The van der Waals surface area contributed by atoms with Gasteiger partial charge >= 0.3 is 0 Å². The molecule has 0 unspecified atom stereocenters. The standard InChI is InChI=1S/C16H13FN2O/c1-10-6-7-13-11(8-10)9-15(18-13)16(20)19-14-5-3-2-4-12(14)17/h2-9,18H,1H3,(H,19,20). The largest absolute Gasteiger partial charge is 0.351 e. The predicted octanol–water partition coefficient (Wildman–Crippen LogP) is 3.87. The lowest BCUT2D eigenvalue weighted by Crippen LogP contribution is -2.13. The van der Waals surface area contributed by atoms with Gasteiger partial charge in [0.1, 0.15) is 11.5 Å². The number of halogens is 1. The van der Waals surface area contributed by atoms with E-state index in [9.17, 15) is 9.18 Å². The number of aromatic amines is 1. The van der Waals surface area contributed by atoms with E-state index in [4.69, 9.17) is 0 Å². The average Bonchev–Trinajstić information content (AvgIpc) is 2.84. The number of hydrogen-bond acceptors (Lipinski definition) is 1. The first-order chi connectivity index (χ1) is 9.63. The fraction of sp³-hybridized carbons (Fsp3) is 0.0625. The van der Waals surface area contributed by atoms with Gasteiger partial charge in [-0.3, -0.25) is 4.79 Å². The normalized spacial score (nSPS) is 10.7. The van der Waals surface area contributed by atoms with Crippen LogP contribution >= 0.6 is 0 Å². The van der Waals surface area contributed by atoms with Crippen molar-refractivity contribution in [3.05, 3.63) is 65.6 Å². The summed E-state index contributed by atoms with van der Waals surface area (Å²) in [5, 5.41) is 3.52. The monoisotopic (exact) mass is 268 g/mol. The Kier molecular flexibility index (Phi) is 2.99. The van der Waals surface area contributed by atoms with Crippen LogP contribution in [-0.2, 0) is 0 Å². The van der Waals surface area contributed by atoms with Crippen LogP contribution in [0.3, 0.4) is 0 Å². The molecule has 0 aliphatic carbocycles. The van der Waals surface area contributed by atoms with Crippen LogP contribution in [0, 0.1) is 12.7 Å². The summed E-state index contributed by atoms with van der Waals surface area (Å²) in [6, 6.07) is 13.7. The molecule has 100 valence electrons. The second kappa shape index (κ2) is 4.81. The van der Waals surface area contributed by atoms with E-state index in [1.54, 1.807) is 18.2 Å². The summed E-state index contributed by atoms with van der Waals surface area (Å²) >= 11 is 0. The van der Waals surface area contributed by atoms with Crippen molar-refractivity contribution in [2.75, 3.05) is 5.32 Å². The van der Waals surface area contributed by atoms with E-state index in [0.29, 0.717) is 5.69 Å². The number of carbonyl (C=O) groups excluding carboxylic acids is 1. The quantitative estimate of drug-likeness (QED) is 0.728. The first kappa shape index (κ1) is 12.4. The van der Waals surface area contributed by atoms with Crippen molar-refractivity contribution in [2.45, 2.75) is 6.92 Å². The number of para-hydroxylation sites is 1. The van der Waals surface area contributed by atoms with Gasteiger partial charge in [-0.05, 0) is 37.3 Å². The van der Waals surface area contributed by atoms with E-state index in [1.807, 2.05) is 25.1 Å². The third kappa shape index (κ3) is 2.28. The molecule has 3 rings (SSSR count). The molecule has 0 aliphatic rings. The number of H-pyrrole nitrogens is 1. The molecule has 0 spiro atoms. The molecule has 1 heterocycles. The number of amides is 1. The van der Waals surface area contributed by atoms with Crippen LogP contribution in [0.5, 0.6) is 0 Å². The Morgan fingerprint density at radius 3 is 2.75 bits per heavy atom. The number of anilines is 1. The zero-order valence-electron chi connectivity index (χ0n) is 10.9. The van der Waals surface area contributed by atoms with Crippen molar-refractivity contribution >= 4 is 22.5 Å². The number of benzene rings is 2. The molecule has 0 saturated carbocycles. The number of aryl methyl sites for hydroxylation is 1. The molecule has 0 radical (unpaired) electrons. The number of rotatable bonds is 2. The van der Waals surface area contributed by atoms with Crippen LogP contribution in [-0.4, -0.2) is 10.9 Å². The lowest BCUT2D eigenvalue weighted by atomic mass is 10.2. The van der Waals surface area contributed by atoms with Crippen LogP contribution in [0.25, 0.3) is 10.9 Å². The first-order valence-electron chi connectivity index (χ1n) is 6.29. The topological polar surface area (TPSA) is 44.9 Å². The number of fused-ring (bicyclic) bond motifs is 1. The molecule has 0 aliphatic heterocycles. The maximum atomic E-state index is 13.5. The van der Waals surface area contributed by atoms with Gasteiger partial charge in [-0.15, -0.1) is 0 Å². The van der Waals surface area contributed by atoms with Gasteiger partial charge < -0.3 is 10.3 Å². The molecule has 1 amide bonds. The number of nitrogens with one attached hydrogen (secondary N) is 2. The molecule has 4 heteroatoms. The van der Waals surface area contributed by atoms with Crippen molar-refractivity contribution in [1.29, 1.82) is 0 Å². The highest BCUT2D eigenvalue weighted by atomic mass is 19.1. The SMILES string of the molecule is Cc1ccc2[nH]c(C(=O)Nc3ccccc3F)cc2c1. The maximum Gasteiger partial charge on any atom is 0.272 e. The molecular weight excluding hydrogens is 255 g/mol. The van der Waals surface area contributed by atoms with Crippen LogP contribution in [0.15, 0.2) is 48.5 Å². The molecule has 0 bridgehead atoms. The van der Waals surface area contributed by atoms with E-state index < -0.39 is 5.82 Å². The van der Waals surface area contributed by atoms with E-state index in [0.717, 1.165) is 16.5 Å². The van der Waals surface area contributed by atoms with Gasteiger partial charge in [0.05, 0.1) is 5.69 Å². The Hall–Kier alpha value is -2.62. The smallest absolute Gasteiger partial charge is 0.272 e. The molecule has 0 atom stereocenters. The van der Waals surface area contributed by atoms with Crippen molar-refractivity contribution < 1.29 is 9.18 Å². The third-order valence-corrected chi connectivity index (χ3v) is 3.14. The Bertz CT molecular complexity index is 792. The summed E-state index contributed by atoms with van der Waals surface area (Å²) in [6.07, 6.45) is 0. The van der Waals surface area contributed by atoms with Gasteiger partial charge in [-0.25, -0.2) is 4.39 Å². The van der Waals surface area contributed by atoms with Crippen LogP contribution in [0.4, 0.5) is 10.1 Å². The zero-order chi connectivity index (χ0) is 14.1. The highest BCUT2D eigenvalue weighted by molar-refractivity contribution is 6.06. The highest BCUT2D eigenvalue weighted by Gasteiger charge is 2.11. The summed E-state index contributed by atoms with van der Waals surface area (Å²) in [5.74, 6) is -0.809. The predicted molar refractivity (Wildman–Crippen MR) is 77.4 cm³/mol. The molecule has 1 aromatic heterocycles. The molecule has 0 fully saturated rings. The minimum Gasteiger partial charge on any atom is -0.351 e. The zero-order valence-corrected chi connectivity index (χ0v) is 10.9. The van der Waals surface area contributed by atoms with Gasteiger partial charge in [0, 0.05) is 10.9 Å². The van der Waals surface area contributed by atoms with Gasteiger partial charge in [0.15, 0.2) is 0 Å².